The molecule has 0 spiro atoms. The van der Waals surface area contributed by atoms with Crippen molar-refractivity contribution < 1.29 is 4.74 Å². The number of nitrogens with zero attached hydrogens (tertiary/aromatic N) is 2. The Balaban J connectivity index is 2.63. The van der Waals surface area contributed by atoms with E-state index in [1.54, 1.807) is 12.3 Å². The average Bonchev–Trinajstić information content (AvgIpc) is 2.34. The van der Waals surface area contributed by atoms with Gasteiger partial charge in [-0.05, 0) is 31.4 Å². The van der Waals surface area contributed by atoms with Crippen molar-refractivity contribution in [2.75, 3.05) is 6.61 Å². The summed E-state index contributed by atoms with van der Waals surface area (Å²) in [5.41, 5.74) is 6.62. The van der Waals surface area contributed by atoms with Gasteiger partial charge in [-0.3, -0.25) is 0 Å². The van der Waals surface area contributed by atoms with Crippen LogP contribution in [0.1, 0.15) is 33.3 Å². The number of nitrogens with two attached hydrogens (primary N) is 1. The molecule has 6 heteroatoms. The predicted octanol–water partition coefficient (Wildman–Crippen LogP) is 2.58. The number of pyridine rings is 1. The standard InChI is InChI=1S/C14H23ClN4O/c1-9(2)8-20-13-12(15)5-11(6-17-13)7-18-14(16)19-10(3)4/h5-6,9-10H,7-8H2,1-4H3,(H3,16,18,19). The molecule has 0 fully saturated rings. The largest absolute Gasteiger partial charge is 0.476 e. The fourth-order valence-electron chi connectivity index (χ4n) is 1.42. The van der Waals surface area contributed by atoms with Gasteiger partial charge in [-0.15, -0.1) is 0 Å². The van der Waals surface area contributed by atoms with Crippen molar-refractivity contribution in [2.24, 2.45) is 16.6 Å². The van der Waals surface area contributed by atoms with Crippen LogP contribution in [0.3, 0.4) is 0 Å². The van der Waals surface area contributed by atoms with E-state index in [2.05, 4.69) is 29.1 Å². The van der Waals surface area contributed by atoms with E-state index >= 15 is 0 Å². The molecule has 20 heavy (non-hydrogen) atoms. The van der Waals surface area contributed by atoms with E-state index in [1.807, 2.05) is 13.8 Å². The molecular formula is C14H23ClN4O. The van der Waals surface area contributed by atoms with Crippen molar-refractivity contribution >= 4 is 17.6 Å². The highest BCUT2D eigenvalue weighted by atomic mass is 35.5. The van der Waals surface area contributed by atoms with Crippen LogP contribution in [-0.4, -0.2) is 23.6 Å². The van der Waals surface area contributed by atoms with E-state index in [9.17, 15) is 0 Å². The topological polar surface area (TPSA) is 72.5 Å². The SMILES string of the molecule is CC(C)COc1ncc(CN=C(N)NC(C)C)cc1Cl. The number of halogens is 1. The number of hydrogen-bond acceptors (Lipinski definition) is 3. The van der Waals surface area contributed by atoms with Crippen LogP contribution in [0.5, 0.6) is 5.88 Å². The lowest BCUT2D eigenvalue weighted by Crippen LogP contribution is -2.36. The van der Waals surface area contributed by atoms with Crippen molar-refractivity contribution in [2.45, 2.75) is 40.3 Å². The summed E-state index contributed by atoms with van der Waals surface area (Å²) in [6, 6.07) is 2.06. The minimum absolute atomic E-state index is 0.257. The molecule has 1 aromatic rings. The van der Waals surface area contributed by atoms with Gasteiger partial charge in [-0.1, -0.05) is 25.4 Å². The molecule has 1 heterocycles. The van der Waals surface area contributed by atoms with Crippen LogP contribution in [0.2, 0.25) is 5.02 Å². The maximum absolute atomic E-state index is 6.13. The second kappa shape index (κ2) is 7.94. The Morgan fingerprint density at radius 3 is 2.70 bits per heavy atom. The molecule has 0 aromatic carbocycles. The zero-order valence-corrected chi connectivity index (χ0v) is 13.2. The molecule has 1 aromatic heterocycles. The number of aliphatic imine (C=N–C) groups is 1. The number of guanidine groups is 1. The molecule has 0 saturated carbocycles. The van der Waals surface area contributed by atoms with E-state index < -0.39 is 0 Å². The summed E-state index contributed by atoms with van der Waals surface area (Å²) in [4.78, 5) is 8.43. The highest BCUT2D eigenvalue weighted by molar-refractivity contribution is 6.31. The summed E-state index contributed by atoms with van der Waals surface area (Å²) in [6.07, 6.45) is 1.70. The fourth-order valence-corrected chi connectivity index (χ4v) is 1.66. The summed E-state index contributed by atoms with van der Waals surface area (Å²) in [7, 11) is 0. The smallest absolute Gasteiger partial charge is 0.232 e. The number of nitrogens with one attached hydrogen (secondary N) is 1. The average molecular weight is 299 g/mol. The van der Waals surface area contributed by atoms with E-state index in [1.165, 1.54) is 0 Å². The first-order valence-electron chi connectivity index (χ1n) is 6.72. The Morgan fingerprint density at radius 2 is 2.15 bits per heavy atom. The lowest BCUT2D eigenvalue weighted by molar-refractivity contribution is 0.261. The second-order valence-electron chi connectivity index (χ2n) is 5.34. The molecule has 0 radical (unpaired) electrons. The highest BCUT2D eigenvalue weighted by Gasteiger charge is 2.06. The van der Waals surface area contributed by atoms with Crippen LogP contribution in [0.25, 0.3) is 0 Å². The van der Waals surface area contributed by atoms with Gasteiger partial charge in [-0.2, -0.15) is 0 Å². The molecule has 0 aliphatic heterocycles. The van der Waals surface area contributed by atoms with E-state index in [0.29, 0.717) is 35.9 Å². The number of ether oxygens (including phenoxy) is 1. The van der Waals surface area contributed by atoms with E-state index in [4.69, 9.17) is 22.1 Å². The van der Waals surface area contributed by atoms with Gasteiger partial charge in [-0.25, -0.2) is 9.98 Å². The maximum atomic E-state index is 6.13. The predicted molar refractivity (Wildman–Crippen MR) is 83.2 cm³/mol. The first-order valence-corrected chi connectivity index (χ1v) is 7.10. The van der Waals surface area contributed by atoms with Crippen LogP contribution in [0.4, 0.5) is 0 Å². The van der Waals surface area contributed by atoms with Gasteiger partial charge in [0.2, 0.25) is 5.88 Å². The minimum Gasteiger partial charge on any atom is -0.476 e. The molecule has 0 bridgehead atoms. The molecule has 1 rings (SSSR count). The van der Waals surface area contributed by atoms with Gasteiger partial charge >= 0.3 is 0 Å². The zero-order chi connectivity index (χ0) is 15.1. The molecule has 0 unspecified atom stereocenters. The summed E-state index contributed by atoms with van der Waals surface area (Å²) in [5.74, 6) is 1.30. The third kappa shape index (κ3) is 6.10. The monoisotopic (exact) mass is 298 g/mol. The van der Waals surface area contributed by atoms with E-state index in [-0.39, 0.29) is 6.04 Å². The minimum atomic E-state index is 0.257. The van der Waals surface area contributed by atoms with Crippen LogP contribution >= 0.6 is 11.6 Å². The molecule has 0 saturated heterocycles. The Hall–Kier alpha value is -1.49. The van der Waals surface area contributed by atoms with Gasteiger partial charge in [0.1, 0.15) is 5.02 Å². The second-order valence-corrected chi connectivity index (χ2v) is 5.74. The molecule has 3 N–H and O–H groups in total. The Kier molecular flexibility index (Phi) is 6.58. The molecule has 0 atom stereocenters. The van der Waals surface area contributed by atoms with Crippen molar-refractivity contribution in [1.29, 1.82) is 0 Å². The molecule has 0 amide bonds. The third-order valence-corrected chi connectivity index (χ3v) is 2.56. The van der Waals surface area contributed by atoms with Crippen LogP contribution < -0.4 is 15.8 Å². The summed E-state index contributed by atoms with van der Waals surface area (Å²) in [5, 5.41) is 3.52. The lowest BCUT2D eigenvalue weighted by atomic mass is 10.2. The Morgan fingerprint density at radius 1 is 1.45 bits per heavy atom. The first-order chi connectivity index (χ1) is 9.38. The fraction of sp³-hybridized carbons (Fsp3) is 0.571. The lowest BCUT2D eigenvalue weighted by Gasteiger charge is -2.10. The van der Waals surface area contributed by atoms with Gasteiger partial charge in [0, 0.05) is 12.2 Å². The zero-order valence-electron chi connectivity index (χ0n) is 12.5. The Labute approximate surface area is 125 Å². The van der Waals surface area contributed by atoms with Gasteiger partial charge in [0.15, 0.2) is 5.96 Å². The summed E-state index contributed by atoms with van der Waals surface area (Å²) < 4.78 is 5.52. The van der Waals surface area contributed by atoms with Gasteiger partial charge < -0.3 is 15.8 Å². The van der Waals surface area contributed by atoms with Crippen LogP contribution in [-0.2, 0) is 6.54 Å². The van der Waals surface area contributed by atoms with Crippen molar-refractivity contribution in [3.8, 4) is 5.88 Å². The maximum Gasteiger partial charge on any atom is 0.232 e. The number of hydrogen-bond donors (Lipinski definition) is 2. The number of rotatable bonds is 6. The van der Waals surface area contributed by atoms with Crippen molar-refractivity contribution in [3.05, 3.63) is 22.8 Å². The normalized spacial score (nSPS) is 12.1. The molecule has 0 aliphatic rings. The molecular weight excluding hydrogens is 276 g/mol. The quantitative estimate of drug-likeness (QED) is 0.625. The van der Waals surface area contributed by atoms with Crippen molar-refractivity contribution in [1.82, 2.24) is 10.3 Å². The third-order valence-electron chi connectivity index (χ3n) is 2.29. The van der Waals surface area contributed by atoms with E-state index in [0.717, 1.165) is 5.56 Å². The summed E-state index contributed by atoms with van der Waals surface area (Å²) in [6.45, 7) is 9.17. The molecule has 5 nitrogen and oxygen atoms in total. The molecule has 0 aliphatic carbocycles. The molecule has 112 valence electrons. The van der Waals surface area contributed by atoms with Crippen molar-refractivity contribution in [3.63, 3.8) is 0 Å². The van der Waals surface area contributed by atoms with Gasteiger partial charge in [0.25, 0.3) is 0 Å². The summed E-state index contributed by atoms with van der Waals surface area (Å²) >= 11 is 6.13. The highest BCUT2D eigenvalue weighted by Crippen LogP contribution is 2.23. The van der Waals surface area contributed by atoms with Crippen LogP contribution in [0, 0.1) is 5.92 Å². The van der Waals surface area contributed by atoms with Crippen LogP contribution in [0.15, 0.2) is 17.3 Å². The number of aromatic nitrogens is 1. The first kappa shape index (κ1) is 16.6. The Bertz CT molecular complexity index is 460. The van der Waals surface area contributed by atoms with Gasteiger partial charge in [0.05, 0.1) is 13.2 Å².